The molecule has 0 atom stereocenters. The number of hydrogen-bond acceptors (Lipinski definition) is 6. The molecule has 3 aromatic heterocycles. The van der Waals surface area contributed by atoms with Crippen LogP contribution in [0.3, 0.4) is 0 Å². The van der Waals surface area contributed by atoms with Crippen LogP contribution in [0.4, 0.5) is 0 Å². The second kappa shape index (κ2) is 8.87. The molecule has 0 amide bonds. The lowest BCUT2D eigenvalue weighted by Crippen LogP contribution is -1.97. The van der Waals surface area contributed by atoms with Crippen molar-refractivity contribution in [2.45, 2.75) is 13.5 Å². The molecular formula is C28H21N5O2. The van der Waals surface area contributed by atoms with Crippen molar-refractivity contribution in [1.82, 2.24) is 19.6 Å². The number of rotatable bonds is 6. The van der Waals surface area contributed by atoms with E-state index in [0.717, 1.165) is 39.1 Å². The minimum Gasteiger partial charge on any atom is -0.437 e. The highest BCUT2D eigenvalue weighted by atomic mass is 16.6. The lowest BCUT2D eigenvalue weighted by Gasteiger charge is -2.03. The smallest absolute Gasteiger partial charge is 0.232 e. The molecule has 0 aliphatic rings. The summed E-state index contributed by atoms with van der Waals surface area (Å²) >= 11 is 0. The van der Waals surface area contributed by atoms with Crippen molar-refractivity contribution in [3.8, 4) is 22.5 Å². The molecule has 7 nitrogen and oxygen atoms in total. The van der Waals surface area contributed by atoms with Crippen LogP contribution in [0.1, 0.15) is 18.3 Å². The predicted molar refractivity (Wildman–Crippen MR) is 135 cm³/mol. The maximum atomic E-state index is 6.27. The number of furan rings is 1. The van der Waals surface area contributed by atoms with E-state index >= 15 is 0 Å². The summed E-state index contributed by atoms with van der Waals surface area (Å²) in [6.07, 6.45) is 1.61. The summed E-state index contributed by atoms with van der Waals surface area (Å²) in [7, 11) is 0. The molecule has 170 valence electrons. The minimum atomic E-state index is 0.136. The van der Waals surface area contributed by atoms with Crippen LogP contribution >= 0.6 is 0 Å². The van der Waals surface area contributed by atoms with Gasteiger partial charge in [-0.25, -0.2) is 14.5 Å². The van der Waals surface area contributed by atoms with Gasteiger partial charge in [0.1, 0.15) is 12.1 Å². The fourth-order valence-corrected chi connectivity index (χ4v) is 4.10. The quantitative estimate of drug-likeness (QED) is 0.221. The van der Waals surface area contributed by atoms with Crippen LogP contribution < -0.4 is 0 Å². The summed E-state index contributed by atoms with van der Waals surface area (Å²) in [6, 6.07) is 30.0. The maximum Gasteiger partial charge on any atom is 0.232 e. The molecule has 3 aromatic carbocycles. The first kappa shape index (κ1) is 20.8. The fraction of sp³-hybridized carbons (Fsp3) is 0.0714. The highest BCUT2D eigenvalue weighted by molar-refractivity contribution is 6.07. The Morgan fingerprint density at radius 2 is 1.54 bits per heavy atom. The van der Waals surface area contributed by atoms with Gasteiger partial charge in [-0.3, -0.25) is 0 Å². The zero-order chi connectivity index (χ0) is 23.6. The minimum absolute atomic E-state index is 0.136. The maximum absolute atomic E-state index is 6.27. The molecule has 0 bridgehead atoms. The van der Waals surface area contributed by atoms with Crippen LogP contribution in [0.2, 0.25) is 0 Å². The Balaban J connectivity index is 1.43. The van der Waals surface area contributed by atoms with E-state index in [1.807, 2.05) is 85.8 Å². The lowest BCUT2D eigenvalue weighted by molar-refractivity contribution is 0.125. The zero-order valence-electron chi connectivity index (χ0n) is 19.0. The summed E-state index contributed by atoms with van der Waals surface area (Å²) < 4.78 is 7.93. The molecule has 0 radical (unpaired) electrons. The van der Waals surface area contributed by atoms with E-state index in [0.29, 0.717) is 17.2 Å². The van der Waals surface area contributed by atoms with E-state index in [1.165, 1.54) is 0 Å². The van der Waals surface area contributed by atoms with Gasteiger partial charge < -0.3 is 9.25 Å². The van der Waals surface area contributed by atoms with Gasteiger partial charge >= 0.3 is 0 Å². The Hall–Kier alpha value is -4.78. The third-order valence-corrected chi connectivity index (χ3v) is 5.76. The van der Waals surface area contributed by atoms with Gasteiger partial charge in [-0.15, -0.1) is 5.10 Å². The summed E-state index contributed by atoms with van der Waals surface area (Å²) in [5.74, 6) is 1.25. The van der Waals surface area contributed by atoms with Crippen LogP contribution in [0.25, 0.3) is 39.2 Å². The molecule has 0 unspecified atom stereocenters. The van der Waals surface area contributed by atoms with Crippen LogP contribution in [0, 0.1) is 0 Å². The highest BCUT2D eigenvalue weighted by Crippen LogP contribution is 2.41. The Bertz CT molecular complexity index is 1640. The average molecular weight is 460 g/mol. The van der Waals surface area contributed by atoms with E-state index < -0.39 is 0 Å². The van der Waals surface area contributed by atoms with Gasteiger partial charge in [-0.05, 0) is 18.1 Å². The Morgan fingerprint density at radius 1 is 0.886 bits per heavy atom. The van der Waals surface area contributed by atoms with E-state index in [-0.39, 0.29) is 6.61 Å². The van der Waals surface area contributed by atoms with Crippen LogP contribution in [0.15, 0.2) is 107 Å². The third kappa shape index (κ3) is 3.93. The third-order valence-electron chi connectivity index (χ3n) is 5.76. The summed E-state index contributed by atoms with van der Waals surface area (Å²) in [6.45, 7) is 2.04. The molecule has 7 heteroatoms. The summed E-state index contributed by atoms with van der Waals surface area (Å²) in [5.41, 5.74) is 5.87. The Morgan fingerprint density at radius 3 is 2.26 bits per heavy atom. The average Bonchev–Trinajstić information content (AvgIpc) is 3.51. The van der Waals surface area contributed by atoms with Gasteiger partial charge in [-0.1, -0.05) is 96.2 Å². The van der Waals surface area contributed by atoms with Gasteiger partial charge in [0.15, 0.2) is 18.1 Å². The molecule has 0 saturated heterocycles. The van der Waals surface area contributed by atoms with Gasteiger partial charge in [-0.2, -0.15) is 0 Å². The highest BCUT2D eigenvalue weighted by Gasteiger charge is 2.22. The SMILES string of the molecule is C/C(=N\OCc1nc2c3c(-c4ccccc4)c(-c4ccccc4)oc3ncn2n1)c1ccccc1. The van der Waals surface area contributed by atoms with E-state index in [1.54, 1.807) is 10.8 Å². The van der Waals surface area contributed by atoms with Gasteiger partial charge in [0.05, 0.1) is 11.1 Å². The Kier molecular flexibility index (Phi) is 5.27. The zero-order valence-corrected chi connectivity index (χ0v) is 19.0. The number of benzene rings is 3. The number of oxime groups is 1. The molecule has 35 heavy (non-hydrogen) atoms. The standard InChI is InChI=1S/C28H21N5O2/c1-19(20-11-5-2-6-12-20)32-34-17-23-30-27-25-24(21-13-7-3-8-14-21)26(22-15-9-4-10-16-22)35-28(25)29-18-33(27)31-23/h2-16,18H,17H2,1H3/b32-19+. The normalized spacial score (nSPS) is 11.9. The molecule has 3 heterocycles. The molecule has 0 spiro atoms. The lowest BCUT2D eigenvalue weighted by atomic mass is 9.99. The number of aromatic nitrogens is 4. The van der Waals surface area contributed by atoms with Crippen molar-refractivity contribution < 1.29 is 9.25 Å². The van der Waals surface area contributed by atoms with Crippen LogP contribution in [-0.2, 0) is 11.4 Å². The van der Waals surface area contributed by atoms with Gasteiger partial charge in [0.2, 0.25) is 5.71 Å². The van der Waals surface area contributed by atoms with Crippen molar-refractivity contribution in [3.63, 3.8) is 0 Å². The molecule has 0 N–H and O–H groups in total. The largest absolute Gasteiger partial charge is 0.437 e. The molecule has 6 rings (SSSR count). The molecule has 0 aliphatic carbocycles. The van der Waals surface area contributed by atoms with Crippen LogP contribution in [0.5, 0.6) is 0 Å². The number of fused-ring (bicyclic) bond motifs is 3. The first-order valence-corrected chi connectivity index (χ1v) is 11.3. The second-order valence-corrected chi connectivity index (χ2v) is 8.08. The van der Waals surface area contributed by atoms with Crippen LogP contribution in [-0.4, -0.2) is 25.3 Å². The Labute approximate surface area is 201 Å². The molecule has 6 aromatic rings. The van der Waals surface area contributed by atoms with Crippen molar-refractivity contribution in [1.29, 1.82) is 0 Å². The van der Waals surface area contributed by atoms with E-state index in [9.17, 15) is 0 Å². The number of hydrogen-bond donors (Lipinski definition) is 0. The summed E-state index contributed by atoms with van der Waals surface area (Å²) in [5, 5.41) is 9.59. The van der Waals surface area contributed by atoms with E-state index in [4.69, 9.17) is 14.2 Å². The van der Waals surface area contributed by atoms with Crippen molar-refractivity contribution >= 4 is 22.5 Å². The molecule has 0 saturated carbocycles. The van der Waals surface area contributed by atoms with E-state index in [2.05, 4.69) is 27.4 Å². The molecule has 0 aliphatic heterocycles. The van der Waals surface area contributed by atoms with Crippen molar-refractivity contribution in [2.75, 3.05) is 0 Å². The summed E-state index contributed by atoms with van der Waals surface area (Å²) in [4.78, 5) is 14.9. The monoisotopic (exact) mass is 459 g/mol. The topological polar surface area (TPSA) is 77.8 Å². The fourth-order valence-electron chi connectivity index (χ4n) is 4.10. The molecular weight excluding hydrogens is 438 g/mol. The second-order valence-electron chi connectivity index (χ2n) is 8.08. The first-order chi connectivity index (χ1) is 17.3. The number of nitrogens with zero attached hydrogens (tertiary/aromatic N) is 5. The van der Waals surface area contributed by atoms with Gasteiger partial charge in [0.25, 0.3) is 0 Å². The predicted octanol–water partition coefficient (Wildman–Crippen LogP) is 6.15. The van der Waals surface area contributed by atoms with Crippen molar-refractivity contribution in [3.05, 3.63) is 109 Å². The van der Waals surface area contributed by atoms with Gasteiger partial charge in [0, 0.05) is 11.1 Å². The first-order valence-electron chi connectivity index (χ1n) is 11.3. The van der Waals surface area contributed by atoms with Crippen molar-refractivity contribution in [2.24, 2.45) is 5.16 Å². The molecule has 0 fully saturated rings.